The van der Waals surface area contributed by atoms with Crippen molar-refractivity contribution in [3.05, 3.63) is 68.4 Å². The summed E-state index contributed by atoms with van der Waals surface area (Å²) in [4.78, 5) is 69.0. The van der Waals surface area contributed by atoms with Crippen LogP contribution in [0.15, 0.2) is 23.9 Å². The van der Waals surface area contributed by atoms with Crippen molar-refractivity contribution in [2.45, 2.75) is 68.5 Å². The van der Waals surface area contributed by atoms with Gasteiger partial charge in [-0.25, -0.2) is 4.79 Å². The maximum atomic E-state index is 14.5. The number of phenolic OH excluding ortho intramolecular Hbond substituents is 2. The molecule has 5 N–H and O–H groups in total. The summed E-state index contributed by atoms with van der Waals surface area (Å²) in [6.07, 6.45) is -4.26. The van der Waals surface area contributed by atoms with Gasteiger partial charge in [-0.2, -0.15) is 0 Å². The Morgan fingerprint density at radius 3 is 2.24 bits per heavy atom. The van der Waals surface area contributed by atoms with Gasteiger partial charge in [0.2, 0.25) is 17.3 Å². The first kappa shape index (κ1) is 34.4. The van der Waals surface area contributed by atoms with Crippen LogP contribution in [-0.2, 0) is 35.7 Å². The van der Waals surface area contributed by atoms with E-state index < -0.39 is 110 Å². The molecule has 4 aliphatic rings. The zero-order valence-electron chi connectivity index (χ0n) is 27.4. The number of Topliss-reactive ketones (excluding diaryl/α,β-unsaturated/α-hetero) is 3. The Morgan fingerprint density at radius 2 is 1.63 bits per heavy atom. The average molecular weight is 682 g/mol. The second-order valence-corrected chi connectivity index (χ2v) is 12.5. The van der Waals surface area contributed by atoms with E-state index in [-0.39, 0.29) is 35.2 Å². The number of allylic oxidation sites excluding steroid dienone is 2. The fourth-order valence-electron chi connectivity index (χ4n) is 7.76. The molecule has 1 saturated heterocycles. The van der Waals surface area contributed by atoms with Crippen LogP contribution < -0.4 is 5.32 Å². The number of phenols is 2. The van der Waals surface area contributed by atoms with Crippen LogP contribution in [0.4, 0.5) is 0 Å². The number of ether oxygens (including phenoxy) is 5. The molecule has 15 nitrogen and oxygen atoms in total. The lowest BCUT2D eigenvalue weighted by Gasteiger charge is -2.50. The fraction of sp³-hybridized carbons (Fsp3) is 0.441. The molecule has 0 aromatic heterocycles. The highest BCUT2D eigenvalue weighted by Gasteiger charge is 2.69. The van der Waals surface area contributed by atoms with Crippen LogP contribution >= 0.6 is 0 Å². The summed E-state index contributed by atoms with van der Waals surface area (Å²) in [5.41, 5.74) is -8.29. The number of benzene rings is 2. The number of esters is 1. The number of nitrogens with one attached hydrogen (secondary N) is 1. The highest BCUT2D eigenvalue weighted by Crippen LogP contribution is 2.56. The Balaban J connectivity index is 1.49. The molecule has 1 fully saturated rings. The standard InChI is InChI=1S/C34H35NO14/c1-12-9-14-7-8-33(48-6)30(42)21-16(29(41)34(33,44)22(14)25(39)19(12)32(43)47-5)10-15-20(24(21)38)18(36)11-17(23(15)37)35-31-28(46-4)26(40)27(45-3)13(2)49-31/h9-11,13,26-28,31,35,38-40,44H,7-8H2,1-6H3/t13-,26+,27-,28+,31-,33+,34-/m0/s1. The molecule has 2 aromatic carbocycles. The van der Waals surface area contributed by atoms with Crippen LogP contribution in [0.25, 0.3) is 0 Å². The molecular formula is C34H35NO14. The second-order valence-electron chi connectivity index (χ2n) is 12.5. The van der Waals surface area contributed by atoms with Gasteiger partial charge in [-0.05, 0) is 43.9 Å². The van der Waals surface area contributed by atoms with E-state index in [0.717, 1.165) is 26.4 Å². The van der Waals surface area contributed by atoms with Crippen molar-refractivity contribution in [2.24, 2.45) is 0 Å². The Labute approximate surface area is 279 Å². The van der Waals surface area contributed by atoms with Gasteiger partial charge in [-0.3, -0.25) is 19.2 Å². The molecule has 1 aliphatic heterocycles. The van der Waals surface area contributed by atoms with Crippen molar-refractivity contribution in [1.29, 1.82) is 0 Å². The molecule has 1 heterocycles. The number of methoxy groups -OCH3 is 4. The van der Waals surface area contributed by atoms with E-state index in [1.807, 2.05) is 0 Å². The van der Waals surface area contributed by atoms with Gasteiger partial charge in [0.05, 0.1) is 30.0 Å². The second kappa shape index (κ2) is 11.8. The largest absolute Gasteiger partial charge is 0.507 e. The summed E-state index contributed by atoms with van der Waals surface area (Å²) in [7, 11) is 4.84. The van der Waals surface area contributed by atoms with Crippen LogP contribution in [-0.4, -0.2) is 114 Å². The molecule has 0 amide bonds. The topological polar surface area (TPSA) is 224 Å². The Morgan fingerprint density at radius 1 is 0.959 bits per heavy atom. The van der Waals surface area contributed by atoms with Crippen molar-refractivity contribution in [3.8, 4) is 11.5 Å². The first-order chi connectivity index (χ1) is 23.1. The summed E-state index contributed by atoms with van der Waals surface area (Å²) >= 11 is 0. The van der Waals surface area contributed by atoms with Crippen molar-refractivity contribution < 1.29 is 68.1 Å². The van der Waals surface area contributed by atoms with Gasteiger partial charge in [0, 0.05) is 44.1 Å². The third kappa shape index (κ3) is 4.46. The maximum absolute atomic E-state index is 14.5. The van der Waals surface area contributed by atoms with Crippen LogP contribution in [0.2, 0.25) is 0 Å². The first-order valence-electron chi connectivity index (χ1n) is 15.3. The zero-order chi connectivity index (χ0) is 35.9. The number of fused-ring (bicyclic) bond motifs is 5. The molecule has 0 bridgehead atoms. The van der Waals surface area contributed by atoms with E-state index in [9.17, 15) is 44.4 Å². The molecule has 0 spiro atoms. The van der Waals surface area contributed by atoms with Crippen molar-refractivity contribution >= 4 is 29.1 Å². The van der Waals surface area contributed by atoms with Crippen LogP contribution in [0, 0.1) is 6.92 Å². The Hall–Kier alpha value is -4.51. The Bertz CT molecular complexity index is 1880. The number of carbonyl (C=O) groups excluding carboxylic acids is 5. The van der Waals surface area contributed by atoms with Crippen LogP contribution in [0.3, 0.4) is 0 Å². The minimum atomic E-state index is -2.95. The summed E-state index contributed by atoms with van der Waals surface area (Å²) in [6, 6.07) is 2.40. The summed E-state index contributed by atoms with van der Waals surface area (Å²) in [5.74, 6) is -6.85. The molecule has 49 heavy (non-hydrogen) atoms. The number of rotatable bonds is 6. The van der Waals surface area contributed by atoms with E-state index >= 15 is 0 Å². The van der Waals surface area contributed by atoms with E-state index in [0.29, 0.717) is 0 Å². The van der Waals surface area contributed by atoms with Gasteiger partial charge in [0.1, 0.15) is 35.4 Å². The number of aromatic hydroxyl groups is 2. The lowest BCUT2D eigenvalue weighted by atomic mass is 9.57. The average Bonchev–Trinajstić information content (AvgIpc) is 3.05. The molecule has 2 aromatic rings. The Kier molecular flexibility index (Phi) is 8.29. The fourth-order valence-corrected chi connectivity index (χ4v) is 7.76. The minimum absolute atomic E-state index is 0.000718. The van der Waals surface area contributed by atoms with E-state index in [1.54, 1.807) is 6.92 Å². The molecule has 15 heteroatoms. The van der Waals surface area contributed by atoms with Gasteiger partial charge >= 0.3 is 5.97 Å². The number of aliphatic hydroxyl groups is 2. The summed E-state index contributed by atoms with van der Waals surface area (Å²) < 4.78 is 27.0. The number of ketones is 4. The number of aryl methyl sites for hydroxylation is 2. The molecule has 0 radical (unpaired) electrons. The van der Waals surface area contributed by atoms with Crippen molar-refractivity contribution in [1.82, 2.24) is 5.32 Å². The molecule has 0 saturated carbocycles. The highest BCUT2D eigenvalue weighted by molar-refractivity contribution is 6.30. The summed E-state index contributed by atoms with van der Waals surface area (Å²) in [5, 5.41) is 48.9. The van der Waals surface area contributed by atoms with Gasteiger partial charge in [0.25, 0.3) is 0 Å². The van der Waals surface area contributed by atoms with Crippen molar-refractivity contribution in [2.75, 3.05) is 28.4 Å². The minimum Gasteiger partial charge on any atom is -0.507 e. The van der Waals surface area contributed by atoms with E-state index in [4.69, 9.17) is 23.7 Å². The number of hydrogen-bond donors (Lipinski definition) is 5. The third-order valence-electron chi connectivity index (χ3n) is 10.1. The third-order valence-corrected chi connectivity index (χ3v) is 10.1. The number of aliphatic hydroxyl groups excluding tert-OH is 1. The zero-order valence-corrected chi connectivity index (χ0v) is 27.4. The predicted molar refractivity (Wildman–Crippen MR) is 165 cm³/mol. The van der Waals surface area contributed by atoms with Gasteiger partial charge < -0.3 is 49.4 Å². The normalized spacial score (nSPS) is 30.5. The number of hydrogen-bond acceptors (Lipinski definition) is 15. The maximum Gasteiger partial charge on any atom is 0.341 e. The van der Waals surface area contributed by atoms with Gasteiger partial charge in [0.15, 0.2) is 23.2 Å². The van der Waals surface area contributed by atoms with Crippen LogP contribution in [0.1, 0.15) is 81.8 Å². The molecule has 0 unspecified atom stereocenters. The van der Waals surface area contributed by atoms with E-state index in [2.05, 4.69) is 5.32 Å². The van der Waals surface area contributed by atoms with Crippen molar-refractivity contribution in [3.63, 3.8) is 0 Å². The SMILES string of the molecule is COC(=O)c1c(C)cc2c(c1O)[C@]1(O)C(=O)c3cc4c(c(O)c3C(=O)[C@]1(OC)CC2)C(=O)C=C(N[C@H]1O[C@@H](C)[C@H](OC)[C@@H](O)[C@H]1OC)C4=O. The number of carbonyl (C=O) groups is 5. The molecule has 7 atom stereocenters. The summed E-state index contributed by atoms with van der Waals surface area (Å²) in [6.45, 7) is 3.15. The lowest BCUT2D eigenvalue weighted by Crippen LogP contribution is -2.67. The quantitative estimate of drug-likeness (QED) is 0.266. The smallest absolute Gasteiger partial charge is 0.341 e. The van der Waals surface area contributed by atoms with Crippen LogP contribution in [0.5, 0.6) is 11.5 Å². The molecule has 3 aliphatic carbocycles. The first-order valence-corrected chi connectivity index (χ1v) is 15.3. The lowest BCUT2D eigenvalue weighted by molar-refractivity contribution is -0.236. The van der Waals surface area contributed by atoms with E-state index in [1.165, 1.54) is 27.2 Å². The highest BCUT2D eigenvalue weighted by atomic mass is 16.6. The van der Waals surface area contributed by atoms with Gasteiger partial charge in [-0.1, -0.05) is 6.07 Å². The monoisotopic (exact) mass is 681 g/mol. The molecular weight excluding hydrogens is 646 g/mol. The molecule has 6 rings (SSSR count). The molecule has 260 valence electrons. The predicted octanol–water partition coefficient (Wildman–Crippen LogP) is 0.779. The van der Waals surface area contributed by atoms with Gasteiger partial charge in [-0.15, -0.1) is 0 Å².